The van der Waals surface area contributed by atoms with E-state index in [4.69, 9.17) is 4.98 Å². The molecule has 0 saturated carbocycles. The average molecular weight is 537 g/mol. The van der Waals surface area contributed by atoms with Crippen LogP contribution in [0.3, 0.4) is 0 Å². The van der Waals surface area contributed by atoms with E-state index in [1.165, 1.54) is 44.5 Å². The lowest BCUT2D eigenvalue weighted by Gasteiger charge is -2.33. The zero-order valence-corrected chi connectivity index (χ0v) is 23.8. The fourth-order valence-electron chi connectivity index (χ4n) is 5.83. The minimum absolute atomic E-state index is 0.833. The number of likely N-dealkylation sites (N-methyl/N-ethyl adjacent to an activating group) is 1. The first kappa shape index (κ1) is 26.5. The van der Waals surface area contributed by atoms with Crippen molar-refractivity contribution >= 4 is 34.9 Å². The van der Waals surface area contributed by atoms with Crippen LogP contribution in [0, 0.1) is 0 Å². The highest BCUT2D eigenvalue weighted by atomic mass is 15.3. The number of nitrogens with one attached hydrogen (secondary N) is 2. The Labute approximate surface area is 236 Å². The molecule has 2 fully saturated rings. The standard InChI is InChI=1S/C32H40N8/c1-23(26-19-25(21-33-22-26)7-6-14-39-12-4-5-13-39)8-9-28-24(2)31(37-36-28)30-20-27-29(35-30)10-11-34-32(27)40-17-15-38(3)16-18-40/h8-11,19-22,35-36H,2,4-7,12-18H2,1,3H3/b23-8+,28-9+. The molecule has 0 bridgehead atoms. The molecule has 6 rings (SSSR count). The lowest BCUT2D eigenvalue weighted by molar-refractivity contribution is 0.312. The Morgan fingerprint density at radius 3 is 2.73 bits per heavy atom. The number of hydrogen-bond acceptors (Lipinski definition) is 6. The maximum Gasteiger partial charge on any atom is 0.138 e. The Kier molecular flexibility index (Phi) is 7.80. The monoisotopic (exact) mass is 536 g/mol. The van der Waals surface area contributed by atoms with Crippen molar-refractivity contribution in [2.24, 2.45) is 0 Å². The van der Waals surface area contributed by atoms with Crippen LogP contribution in [-0.4, -0.2) is 87.8 Å². The summed E-state index contributed by atoms with van der Waals surface area (Å²) in [7, 11) is 2.17. The Morgan fingerprint density at radius 2 is 1.90 bits per heavy atom. The van der Waals surface area contributed by atoms with Crippen LogP contribution < -0.4 is 15.5 Å². The lowest BCUT2D eigenvalue weighted by Crippen LogP contribution is -2.44. The van der Waals surface area contributed by atoms with E-state index in [-0.39, 0.29) is 0 Å². The van der Waals surface area contributed by atoms with E-state index in [1.54, 1.807) is 0 Å². The van der Waals surface area contributed by atoms with Gasteiger partial charge in [0.25, 0.3) is 0 Å². The van der Waals surface area contributed by atoms with Gasteiger partial charge in [-0.2, -0.15) is 5.10 Å². The number of pyridine rings is 2. The van der Waals surface area contributed by atoms with Crippen molar-refractivity contribution in [2.75, 3.05) is 57.8 Å². The summed E-state index contributed by atoms with van der Waals surface area (Å²) in [5, 5.41) is 10.7. The van der Waals surface area contributed by atoms with Gasteiger partial charge in [-0.1, -0.05) is 12.7 Å². The van der Waals surface area contributed by atoms with Crippen LogP contribution in [0.5, 0.6) is 0 Å². The van der Waals surface area contributed by atoms with Gasteiger partial charge in [0.15, 0.2) is 0 Å². The van der Waals surface area contributed by atoms with E-state index in [9.17, 15) is 0 Å². The summed E-state index contributed by atoms with van der Waals surface area (Å²) in [5.41, 5.74) is 6.47. The molecule has 8 heteroatoms. The highest BCUT2D eigenvalue weighted by Crippen LogP contribution is 2.28. The van der Waals surface area contributed by atoms with E-state index in [0.717, 1.165) is 82.4 Å². The molecule has 2 aliphatic rings. The highest BCUT2D eigenvalue weighted by Gasteiger charge is 2.19. The van der Waals surface area contributed by atoms with Crippen LogP contribution in [0.4, 0.5) is 5.82 Å². The van der Waals surface area contributed by atoms with E-state index >= 15 is 0 Å². The first-order chi connectivity index (χ1) is 19.5. The SMILES string of the molecule is C=c1c(-c2cc3c(N4CCN(C)CC4)nccc3[nH]2)n[nH]/c1=C/C=C(\C)c1cncc(CCCN2CCCC2)c1. The number of nitrogens with zero attached hydrogens (tertiary/aromatic N) is 6. The van der Waals surface area contributed by atoms with Crippen molar-refractivity contribution < 1.29 is 0 Å². The number of aromatic nitrogens is 5. The number of rotatable bonds is 8. The van der Waals surface area contributed by atoms with Crippen LogP contribution in [0.25, 0.3) is 40.5 Å². The number of aryl methyl sites for hydroxylation is 1. The lowest BCUT2D eigenvalue weighted by atomic mass is 10.0. The fourth-order valence-corrected chi connectivity index (χ4v) is 5.83. The van der Waals surface area contributed by atoms with Gasteiger partial charge in [-0.3, -0.25) is 10.1 Å². The third kappa shape index (κ3) is 5.74. The van der Waals surface area contributed by atoms with Crippen molar-refractivity contribution in [3.05, 3.63) is 64.6 Å². The van der Waals surface area contributed by atoms with Crippen molar-refractivity contribution in [2.45, 2.75) is 32.6 Å². The third-order valence-electron chi connectivity index (χ3n) is 8.37. The third-order valence-corrected chi connectivity index (χ3v) is 8.37. The molecule has 4 aromatic heterocycles. The van der Waals surface area contributed by atoms with Crippen molar-refractivity contribution in [1.82, 2.24) is 34.9 Å². The topological polar surface area (TPSA) is 80.0 Å². The molecular weight excluding hydrogens is 496 g/mol. The Hall–Kier alpha value is -3.75. The zero-order chi connectivity index (χ0) is 27.5. The minimum atomic E-state index is 0.833. The number of fused-ring (bicyclic) bond motifs is 1. The number of piperazine rings is 1. The van der Waals surface area contributed by atoms with Gasteiger partial charge >= 0.3 is 0 Å². The molecule has 0 unspecified atom stereocenters. The Bertz CT molecular complexity index is 1600. The van der Waals surface area contributed by atoms with Gasteiger partial charge in [-0.05, 0) is 100 Å². The molecule has 208 valence electrons. The predicted octanol–water partition coefficient (Wildman–Crippen LogP) is 3.42. The molecule has 0 atom stereocenters. The largest absolute Gasteiger partial charge is 0.353 e. The maximum absolute atomic E-state index is 4.73. The molecule has 4 aromatic rings. The summed E-state index contributed by atoms with van der Waals surface area (Å²) < 4.78 is 0. The van der Waals surface area contributed by atoms with Gasteiger partial charge in [0, 0.05) is 55.4 Å². The summed E-state index contributed by atoms with van der Waals surface area (Å²) in [6.45, 7) is 14.2. The molecule has 0 amide bonds. The summed E-state index contributed by atoms with van der Waals surface area (Å²) >= 11 is 0. The van der Waals surface area contributed by atoms with Gasteiger partial charge in [0.05, 0.1) is 16.6 Å². The summed E-state index contributed by atoms with van der Waals surface area (Å²) in [6, 6.07) is 6.46. The molecular formula is C32H40N8. The Morgan fingerprint density at radius 1 is 1.07 bits per heavy atom. The van der Waals surface area contributed by atoms with Gasteiger partial charge in [-0.15, -0.1) is 0 Å². The second-order valence-corrected chi connectivity index (χ2v) is 11.3. The van der Waals surface area contributed by atoms with Gasteiger partial charge in [-0.25, -0.2) is 4.98 Å². The molecule has 0 aromatic carbocycles. The quantitative estimate of drug-likeness (QED) is 0.359. The van der Waals surface area contributed by atoms with E-state index in [0.29, 0.717) is 0 Å². The first-order valence-corrected chi connectivity index (χ1v) is 14.6. The normalized spacial score (nSPS) is 17.9. The molecule has 8 nitrogen and oxygen atoms in total. The fraction of sp³-hybridized carbons (Fsp3) is 0.406. The van der Waals surface area contributed by atoms with E-state index < -0.39 is 0 Å². The molecule has 2 aliphatic heterocycles. The number of hydrogen-bond donors (Lipinski definition) is 2. The molecule has 0 aliphatic carbocycles. The number of likely N-dealkylation sites (tertiary alicyclic amines) is 1. The first-order valence-electron chi connectivity index (χ1n) is 14.6. The molecule has 0 spiro atoms. The van der Waals surface area contributed by atoms with E-state index in [2.05, 4.69) is 79.7 Å². The summed E-state index contributed by atoms with van der Waals surface area (Å²) in [5.74, 6) is 1.03. The molecule has 6 heterocycles. The average Bonchev–Trinajstić information content (AvgIpc) is 3.72. The van der Waals surface area contributed by atoms with Crippen molar-refractivity contribution in [3.63, 3.8) is 0 Å². The number of aromatic amines is 2. The number of H-pyrrole nitrogens is 2. The maximum atomic E-state index is 4.73. The van der Waals surface area contributed by atoms with Crippen LogP contribution in [0.15, 0.2) is 42.9 Å². The second-order valence-electron chi connectivity index (χ2n) is 11.3. The molecule has 0 radical (unpaired) electrons. The smallest absolute Gasteiger partial charge is 0.138 e. The van der Waals surface area contributed by atoms with Crippen LogP contribution in [0.2, 0.25) is 0 Å². The van der Waals surface area contributed by atoms with E-state index in [1.807, 2.05) is 24.7 Å². The summed E-state index contributed by atoms with van der Waals surface area (Å²) in [6.07, 6.45) is 15.0. The number of allylic oxidation sites excluding steroid dienone is 2. The van der Waals surface area contributed by atoms with Gasteiger partial charge in [0.1, 0.15) is 11.5 Å². The van der Waals surface area contributed by atoms with Crippen LogP contribution in [-0.2, 0) is 6.42 Å². The van der Waals surface area contributed by atoms with Crippen LogP contribution in [0.1, 0.15) is 37.3 Å². The zero-order valence-electron chi connectivity index (χ0n) is 23.8. The van der Waals surface area contributed by atoms with Gasteiger partial charge < -0.3 is 19.7 Å². The number of anilines is 1. The van der Waals surface area contributed by atoms with Crippen molar-refractivity contribution in [1.29, 1.82) is 0 Å². The highest BCUT2D eigenvalue weighted by molar-refractivity contribution is 5.94. The molecule has 2 N–H and O–H groups in total. The van der Waals surface area contributed by atoms with Crippen molar-refractivity contribution in [3.8, 4) is 11.4 Å². The minimum Gasteiger partial charge on any atom is -0.353 e. The molecule has 40 heavy (non-hydrogen) atoms. The summed E-state index contributed by atoms with van der Waals surface area (Å²) in [4.78, 5) is 20.1. The van der Waals surface area contributed by atoms with Gasteiger partial charge in [0.2, 0.25) is 0 Å². The predicted molar refractivity (Wildman–Crippen MR) is 165 cm³/mol. The molecule has 2 saturated heterocycles. The van der Waals surface area contributed by atoms with Crippen LogP contribution >= 0.6 is 0 Å². The Balaban J connectivity index is 1.19. The second kappa shape index (κ2) is 11.8.